The minimum atomic E-state index is -0.511. The molecule has 0 aliphatic heterocycles. The molecular weight excluding hydrogens is 349 g/mol. The van der Waals surface area contributed by atoms with Crippen LogP contribution < -0.4 is 10.6 Å². The van der Waals surface area contributed by atoms with Gasteiger partial charge in [0.15, 0.2) is 5.13 Å². The van der Waals surface area contributed by atoms with E-state index in [9.17, 15) is 14.0 Å². The molecule has 0 aliphatic rings. The van der Waals surface area contributed by atoms with E-state index in [0.717, 1.165) is 16.6 Å². The number of thiazole rings is 1. The molecule has 2 aromatic heterocycles. The molecule has 2 amide bonds. The number of thiophene rings is 1. The quantitative estimate of drug-likeness (QED) is 0.732. The Hall–Kier alpha value is -2.58. The second-order valence-electron chi connectivity index (χ2n) is 4.76. The van der Waals surface area contributed by atoms with E-state index in [2.05, 4.69) is 15.6 Å². The topological polar surface area (TPSA) is 71.1 Å². The summed E-state index contributed by atoms with van der Waals surface area (Å²) in [4.78, 5) is 29.1. The fourth-order valence-corrected chi connectivity index (χ4v) is 3.41. The standard InChI is InChI=1S/C16H12FN3O2S2/c17-11-4-1-3-10(7-11)15(22)18-8-14(21)20-16-19-12(9-24-16)13-5-2-6-23-13/h1-7,9H,8H2,(H,18,22)(H,19,20,21). The molecule has 0 unspecified atom stereocenters. The number of aromatic nitrogens is 1. The molecule has 2 heterocycles. The first-order valence-corrected chi connectivity index (χ1v) is 8.71. The van der Waals surface area contributed by atoms with Crippen molar-refractivity contribution >= 4 is 39.6 Å². The van der Waals surface area contributed by atoms with E-state index in [1.54, 1.807) is 11.3 Å². The Morgan fingerprint density at radius 3 is 2.79 bits per heavy atom. The van der Waals surface area contributed by atoms with Crippen LogP contribution in [0.2, 0.25) is 0 Å². The van der Waals surface area contributed by atoms with Crippen molar-refractivity contribution in [1.29, 1.82) is 0 Å². The zero-order valence-corrected chi connectivity index (χ0v) is 13.9. The minimum Gasteiger partial charge on any atom is -0.343 e. The summed E-state index contributed by atoms with van der Waals surface area (Å²) in [5, 5.41) is 9.34. The smallest absolute Gasteiger partial charge is 0.251 e. The van der Waals surface area contributed by atoms with Crippen LogP contribution in [0.3, 0.4) is 0 Å². The molecule has 1 aromatic carbocycles. The number of amides is 2. The normalized spacial score (nSPS) is 10.4. The predicted octanol–water partition coefficient (Wildman–Crippen LogP) is 3.38. The lowest BCUT2D eigenvalue weighted by molar-refractivity contribution is -0.115. The summed E-state index contributed by atoms with van der Waals surface area (Å²) in [5.41, 5.74) is 0.964. The molecule has 122 valence electrons. The number of nitrogens with zero attached hydrogens (tertiary/aromatic N) is 1. The first-order valence-electron chi connectivity index (χ1n) is 6.95. The van der Waals surface area contributed by atoms with Crippen LogP contribution in [0, 0.1) is 5.82 Å². The largest absolute Gasteiger partial charge is 0.343 e. The van der Waals surface area contributed by atoms with Crippen LogP contribution >= 0.6 is 22.7 Å². The number of hydrogen-bond acceptors (Lipinski definition) is 5. The van der Waals surface area contributed by atoms with Gasteiger partial charge in [0.1, 0.15) is 5.82 Å². The maximum Gasteiger partial charge on any atom is 0.251 e. The Morgan fingerprint density at radius 1 is 1.17 bits per heavy atom. The van der Waals surface area contributed by atoms with Crippen molar-refractivity contribution < 1.29 is 14.0 Å². The second kappa shape index (κ2) is 7.33. The maximum atomic E-state index is 13.1. The van der Waals surface area contributed by atoms with Crippen molar-refractivity contribution in [3.8, 4) is 10.6 Å². The summed E-state index contributed by atoms with van der Waals surface area (Å²) in [6.07, 6.45) is 0. The molecule has 5 nitrogen and oxygen atoms in total. The summed E-state index contributed by atoms with van der Waals surface area (Å²) in [5.74, 6) is -1.41. The van der Waals surface area contributed by atoms with Gasteiger partial charge in [0, 0.05) is 10.9 Å². The number of halogens is 1. The number of carbonyl (C=O) groups excluding carboxylic acids is 2. The molecule has 0 saturated carbocycles. The molecule has 0 fully saturated rings. The Kier molecular flexibility index (Phi) is 4.97. The zero-order valence-electron chi connectivity index (χ0n) is 12.3. The highest BCUT2D eigenvalue weighted by Gasteiger charge is 2.11. The van der Waals surface area contributed by atoms with Gasteiger partial charge in [-0.25, -0.2) is 9.37 Å². The third-order valence-corrected chi connectivity index (χ3v) is 4.67. The highest BCUT2D eigenvalue weighted by molar-refractivity contribution is 7.16. The fraction of sp³-hybridized carbons (Fsp3) is 0.0625. The van der Waals surface area contributed by atoms with E-state index in [1.807, 2.05) is 22.9 Å². The van der Waals surface area contributed by atoms with E-state index in [-0.39, 0.29) is 12.1 Å². The number of benzene rings is 1. The average Bonchev–Trinajstić information content (AvgIpc) is 3.23. The van der Waals surface area contributed by atoms with E-state index in [0.29, 0.717) is 5.13 Å². The lowest BCUT2D eigenvalue weighted by Gasteiger charge is -2.05. The van der Waals surface area contributed by atoms with Crippen molar-refractivity contribution in [2.45, 2.75) is 0 Å². The van der Waals surface area contributed by atoms with E-state index in [1.165, 1.54) is 29.5 Å². The number of carbonyl (C=O) groups is 2. The molecule has 8 heteroatoms. The lowest BCUT2D eigenvalue weighted by atomic mass is 10.2. The van der Waals surface area contributed by atoms with Crippen LogP contribution in [0.15, 0.2) is 47.2 Å². The van der Waals surface area contributed by atoms with Crippen molar-refractivity contribution in [2.24, 2.45) is 0 Å². The summed E-state index contributed by atoms with van der Waals surface area (Å²) in [6, 6.07) is 9.15. The third kappa shape index (κ3) is 4.03. The van der Waals surface area contributed by atoms with Gasteiger partial charge in [0.25, 0.3) is 5.91 Å². The van der Waals surface area contributed by atoms with Crippen molar-refractivity contribution in [3.05, 3.63) is 58.5 Å². The van der Waals surface area contributed by atoms with Gasteiger partial charge in [-0.1, -0.05) is 12.1 Å². The second-order valence-corrected chi connectivity index (χ2v) is 6.56. The molecule has 0 radical (unpaired) electrons. The minimum absolute atomic E-state index is 0.164. The van der Waals surface area contributed by atoms with Gasteiger partial charge in [-0.05, 0) is 29.6 Å². The number of nitrogens with one attached hydrogen (secondary N) is 2. The third-order valence-electron chi connectivity index (χ3n) is 3.02. The molecule has 0 aliphatic carbocycles. The SMILES string of the molecule is O=C(CNC(=O)c1cccc(F)c1)Nc1nc(-c2cccs2)cs1. The first-order chi connectivity index (χ1) is 11.6. The molecule has 0 spiro atoms. The summed E-state index contributed by atoms with van der Waals surface area (Å²) >= 11 is 2.88. The monoisotopic (exact) mass is 361 g/mol. The van der Waals surface area contributed by atoms with Crippen LogP contribution in [0.4, 0.5) is 9.52 Å². The van der Waals surface area contributed by atoms with E-state index >= 15 is 0 Å². The molecular formula is C16H12FN3O2S2. The van der Waals surface area contributed by atoms with Crippen molar-refractivity contribution in [1.82, 2.24) is 10.3 Å². The maximum absolute atomic E-state index is 13.1. The highest BCUT2D eigenvalue weighted by atomic mass is 32.1. The van der Waals surface area contributed by atoms with Crippen LogP contribution in [-0.2, 0) is 4.79 Å². The summed E-state index contributed by atoms with van der Waals surface area (Å²) in [6.45, 7) is -0.219. The van der Waals surface area contributed by atoms with Gasteiger partial charge in [0.2, 0.25) is 5.91 Å². The summed E-state index contributed by atoms with van der Waals surface area (Å²) < 4.78 is 13.1. The molecule has 3 aromatic rings. The fourth-order valence-electron chi connectivity index (χ4n) is 1.92. The van der Waals surface area contributed by atoms with Crippen LogP contribution in [0.5, 0.6) is 0 Å². The molecule has 0 saturated heterocycles. The highest BCUT2D eigenvalue weighted by Crippen LogP contribution is 2.28. The van der Waals surface area contributed by atoms with Crippen LogP contribution in [-0.4, -0.2) is 23.3 Å². The molecule has 3 rings (SSSR count). The van der Waals surface area contributed by atoms with E-state index < -0.39 is 17.6 Å². The first kappa shape index (κ1) is 16.3. The Morgan fingerprint density at radius 2 is 2.04 bits per heavy atom. The van der Waals surface area contributed by atoms with Crippen LogP contribution in [0.1, 0.15) is 10.4 Å². The van der Waals surface area contributed by atoms with Gasteiger partial charge in [-0.15, -0.1) is 22.7 Å². The van der Waals surface area contributed by atoms with Gasteiger partial charge < -0.3 is 10.6 Å². The Balaban J connectivity index is 1.53. The van der Waals surface area contributed by atoms with Crippen molar-refractivity contribution in [2.75, 3.05) is 11.9 Å². The Bertz CT molecular complexity index is 862. The van der Waals surface area contributed by atoms with E-state index in [4.69, 9.17) is 0 Å². The number of anilines is 1. The predicted molar refractivity (Wildman–Crippen MR) is 92.8 cm³/mol. The lowest BCUT2D eigenvalue weighted by Crippen LogP contribution is -2.32. The Labute approximate surface area is 145 Å². The van der Waals surface area contributed by atoms with Gasteiger partial charge in [0.05, 0.1) is 17.1 Å². The van der Waals surface area contributed by atoms with Gasteiger partial charge >= 0.3 is 0 Å². The van der Waals surface area contributed by atoms with Gasteiger partial charge in [-0.2, -0.15) is 0 Å². The van der Waals surface area contributed by atoms with Gasteiger partial charge in [-0.3, -0.25) is 9.59 Å². The number of rotatable bonds is 5. The van der Waals surface area contributed by atoms with Crippen molar-refractivity contribution in [3.63, 3.8) is 0 Å². The van der Waals surface area contributed by atoms with Crippen LogP contribution in [0.25, 0.3) is 10.6 Å². The molecule has 0 bridgehead atoms. The zero-order chi connectivity index (χ0) is 16.9. The molecule has 2 N–H and O–H groups in total. The average molecular weight is 361 g/mol. The number of hydrogen-bond donors (Lipinski definition) is 2. The molecule has 24 heavy (non-hydrogen) atoms. The molecule has 0 atom stereocenters. The summed E-state index contributed by atoms with van der Waals surface area (Å²) in [7, 11) is 0.